The smallest absolute Gasteiger partial charge is 0.272 e. The SMILES string of the molecule is Cn1cc2c(c1C(=O)Nc1ccc(F)c(C#N)c1)CCC(Cc1ccc(F)cc1)NS2=N. The van der Waals surface area contributed by atoms with Gasteiger partial charge in [0.25, 0.3) is 5.91 Å². The van der Waals surface area contributed by atoms with E-state index in [9.17, 15) is 13.6 Å². The van der Waals surface area contributed by atoms with Gasteiger partial charge in [-0.1, -0.05) is 12.1 Å². The Morgan fingerprint density at radius 1 is 1.31 bits per heavy atom. The van der Waals surface area contributed by atoms with Gasteiger partial charge in [0.2, 0.25) is 0 Å². The van der Waals surface area contributed by atoms with E-state index in [1.807, 2.05) is 0 Å². The molecule has 2 atom stereocenters. The molecule has 4 rings (SSSR count). The number of fused-ring (bicyclic) bond motifs is 1. The summed E-state index contributed by atoms with van der Waals surface area (Å²) in [5.74, 6) is -1.30. The Balaban J connectivity index is 1.55. The number of benzene rings is 2. The molecule has 0 saturated carbocycles. The number of nitrogens with zero attached hydrogens (tertiary/aromatic N) is 2. The van der Waals surface area contributed by atoms with Crippen LogP contribution in [0.1, 0.15) is 33.6 Å². The van der Waals surface area contributed by atoms with Gasteiger partial charge in [0.15, 0.2) is 0 Å². The first-order valence-corrected chi connectivity index (χ1v) is 11.2. The molecule has 32 heavy (non-hydrogen) atoms. The third-order valence-corrected chi connectivity index (χ3v) is 6.81. The van der Waals surface area contributed by atoms with E-state index in [-0.39, 0.29) is 23.3 Å². The highest BCUT2D eigenvalue weighted by molar-refractivity contribution is 7.84. The Morgan fingerprint density at radius 2 is 2.06 bits per heavy atom. The topological polar surface area (TPSA) is 93.7 Å². The van der Waals surface area contributed by atoms with Crippen molar-refractivity contribution < 1.29 is 13.6 Å². The number of nitrogens with one attached hydrogen (secondary N) is 3. The van der Waals surface area contributed by atoms with Crippen LogP contribution in [0.2, 0.25) is 0 Å². The molecule has 2 aromatic carbocycles. The quantitative estimate of drug-likeness (QED) is 0.552. The van der Waals surface area contributed by atoms with Crippen LogP contribution in [-0.4, -0.2) is 16.5 Å². The van der Waals surface area contributed by atoms with Crippen molar-refractivity contribution in [3.63, 3.8) is 0 Å². The molecule has 3 N–H and O–H groups in total. The molecule has 3 aromatic rings. The standard InChI is InChI=1S/C23H21F2N5OS/c1-30-13-21-19(22(30)23(31)28-17-7-9-20(25)15(11-17)12-26)8-6-18(29-32(21)27)10-14-2-4-16(24)5-3-14/h2-5,7,9,11,13,18H,6,8,10H2,1H3,(H2,27,29)(H,28,31). The Bertz CT molecular complexity index is 1250. The Hall–Kier alpha value is -3.35. The van der Waals surface area contributed by atoms with Crippen LogP contribution in [0.3, 0.4) is 0 Å². The van der Waals surface area contributed by atoms with Gasteiger partial charge in [0.1, 0.15) is 23.4 Å². The van der Waals surface area contributed by atoms with Crippen LogP contribution in [0.5, 0.6) is 0 Å². The molecule has 1 aromatic heterocycles. The summed E-state index contributed by atoms with van der Waals surface area (Å²) in [6, 6.07) is 12.0. The summed E-state index contributed by atoms with van der Waals surface area (Å²) in [5, 5.41) is 11.8. The summed E-state index contributed by atoms with van der Waals surface area (Å²) in [4.78, 5) is 13.8. The molecule has 1 amide bonds. The van der Waals surface area contributed by atoms with Crippen molar-refractivity contribution in [2.75, 3.05) is 5.32 Å². The van der Waals surface area contributed by atoms with E-state index in [1.165, 1.54) is 24.3 Å². The minimum Gasteiger partial charge on any atom is -0.345 e. The van der Waals surface area contributed by atoms with Crippen molar-refractivity contribution in [2.24, 2.45) is 7.05 Å². The van der Waals surface area contributed by atoms with Crippen molar-refractivity contribution in [2.45, 2.75) is 30.2 Å². The van der Waals surface area contributed by atoms with Crippen molar-refractivity contribution in [1.29, 1.82) is 10.0 Å². The normalized spacial score (nSPS) is 17.8. The molecule has 0 saturated heterocycles. The van der Waals surface area contributed by atoms with Gasteiger partial charge in [-0.3, -0.25) is 9.57 Å². The number of anilines is 1. The van der Waals surface area contributed by atoms with Crippen molar-refractivity contribution >= 4 is 22.5 Å². The van der Waals surface area contributed by atoms with Crippen LogP contribution in [0.25, 0.3) is 0 Å². The molecule has 1 aliphatic heterocycles. The summed E-state index contributed by atoms with van der Waals surface area (Å²) in [7, 11) is 0.733. The zero-order chi connectivity index (χ0) is 22.8. The fourth-order valence-electron chi connectivity index (χ4n) is 3.90. The molecular formula is C23H21F2N5OS. The molecule has 0 aliphatic carbocycles. The lowest BCUT2D eigenvalue weighted by Gasteiger charge is -2.16. The third-order valence-electron chi connectivity index (χ3n) is 5.45. The Kier molecular flexibility index (Phi) is 6.17. The first kappa shape index (κ1) is 21.9. The van der Waals surface area contributed by atoms with E-state index < -0.39 is 16.7 Å². The van der Waals surface area contributed by atoms with Crippen LogP contribution < -0.4 is 10.0 Å². The van der Waals surface area contributed by atoms with Crippen molar-refractivity contribution in [3.8, 4) is 6.07 Å². The maximum Gasteiger partial charge on any atom is 0.272 e. The third kappa shape index (κ3) is 4.47. The van der Waals surface area contributed by atoms with Crippen molar-refractivity contribution in [1.82, 2.24) is 9.29 Å². The fraction of sp³-hybridized carbons (Fsp3) is 0.217. The van der Waals surface area contributed by atoms with E-state index in [0.717, 1.165) is 22.1 Å². The van der Waals surface area contributed by atoms with E-state index in [2.05, 4.69) is 10.0 Å². The van der Waals surface area contributed by atoms with E-state index >= 15 is 0 Å². The highest BCUT2D eigenvalue weighted by Gasteiger charge is 2.27. The van der Waals surface area contributed by atoms with E-state index in [4.69, 9.17) is 10.0 Å². The number of halogens is 2. The molecule has 0 fully saturated rings. The highest BCUT2D eigenvalue weighted by Crippen LogP contribution is 2.27. The van der Waals surface area contributed by atoms with E-state index in [1.54, 1.807) is 36.0 Å². The van der Waals surface area contributed by atoms with Crippen LogP contribution in [0, 0.1) is 27.7 Å². The summed E-state index contributed by atoms with van der Waals surface area (Å²) >= 11 is 0. The van der Waals surface area contributed by atoms with Crippen LogP contribution in [0.15, 0.2) is 53.6 Å². The molecule has 1 aliphatic rings. The second-order valence-corrected chi connectivity index (χ2v) is 8.97. The largest absolute Gasteiger partial charge is 0.345 e. The minimum absolute atomic E-state index is 0.0187. The molecular weight excluding hydrogens is 432 g/mol. The maximum atomic E-state index is 13.6. The van der Waals surface area contributed by atoms with E-state index in [0.29, 0.717) is 30.6 Å². The Morgan fingerprint density at radius 3 is 2.78 bits per heavy atom. The molecule has 6 nitrogen and oxygen atoms in total. The monoisotopic (exact) mass is 453 g/mol. The van der Waals surface area contributed by atoms with Gasteiger partial charge in [-0.05, 0) is 71.6 Å². The average Bonchev–Trinajstić information content (AvgIpc) is 3.03. The summed E-state index contributed by atoms with van der Waals surface area (Å²) in [6.07, 6.45) is 3.77. The second kappa shape index (κ2) is 9.02. The number of hydrogen-bond donors (Lipinski definition) is 3. The Labute approximate surface area is 186 Å². The zero-order valence-electron chi connectivity index (χ0n) is 17.3. The molecule has 2 heterocycles. The molecule has 0 radical (unpaired) electrons. The number of rotatable bonds is 4. The first-order valence-electron chi connectivity index (χ1n) is 10.0. The number of aryl methyl sites for hydroxylation is 1. The molecule has 2 unspecified atom stereocenters. The summed E-state index contributed by atoms with van der Waals surface area (Å²) in [6.45, 7) is 0. The van der Waals surface area contributed by atoms with Crippen LogP contribution in [0.4, 0.5) is 14.5 Å². The molecule has 164 valence electrons. The number of aromatic nitrogens is 1. The number of carbonyl (C=O) groups excluding carboxylic acids is 1. The predicted octanol–water partition coefficient (Wildman–Crippen LogP) is 4.23. The lowest BCUT2D eigenvalue weighted by molar-refractivity contribution is 0.101. The number of carbonyl (C=O) groups is 1. The molecule has 0 spiro atoms. The van der Waals surface area contributed by atoms with Gasteiger partial charge in [0, 0.05) is 25.0 Å². The lowest BCUT2D eigenvalue weighted by Crippen LogP contribution is -2.31. The fourth-order valence-corrected chi connectivity index (χ4v) is 5.27. The number of nitriles is 1. The van der Waals surface area contributed by atoms with Gasteiger partial charge in [-0.15, -0.1) is 0 Å². The molecule has 0 bridgehead atoms. The predicted molar refractivity (Wildman–Crippen MR) is 118 cm³/mol. The number of hydrogen-bond acceptors (Lipinski definition) is 3. The lowest BCUT2D eigenvalue weighted by atomic mass is 9.99. The second-order valence-electron chi connectivity index (χ2n) is 7.68. The minimum atomic E-state index is -1.02. The summed E-state index contributed by atoms with van der Waals surface area (Å²) in [5.41, 5.74) is 2.41. The van der Waals surface area contributed by atoms with Gasteiger partial charge >= 0.3 is 0 Å². The maximum absolute atomic E-state index is 13.6. The van der Waals surface area contributed by atoms with Gasteiger partial charge in [-0.25, -0.2) is 13.5 Å². The first-order chi connectivity index (χ1) is 15.4. The van der Waals surface area contributed by atoms with Crippen molar-refractivity contribution in [3.05, 3.63) is 82.7 Å². The average molecular weight is 454 g/mol. The van der Waals surface area contributed by atoms with Gasteiger partial charge < -0.3 is 9.88 Å². The van der Waals surface area contributed by atoms with Gasteiger partial charge in [0.05, 0.1) is 10.5 Å². The number of amides is 1. The van der Waals surface area contributed by atoms with Crippen LogP contribution in [-0.2, 0) is 30.8 Å². The van der Waals surface area contributed by atoms with Crippen LogP contribution >= 0.6 is 0 Å². The molecule has 9 heteroatoms. The highest BCUT2D eigenvalue weighted by atomic mass is 32.2. The summed E-state index contributed by atoms with van der Waals surface area (Å²) < 4.78 is 40.4. The van der Waals surface area contributed by atoms with Gasteiger partial charge in [-0.2, -0.15) is 5.26 Å². The zero-order valence-corrected chi connectivity index (χ0v) is 18.1.